The van der Waals surface area contributed by atoms with Crippen molar-refractivity contribution in [3.63, 3.8) is 0 Å². The van der Waals surface area contributed by atoms with Crippen LogP contribution in [-0.4, -0.2) is 36.3 Å². The molecule has 0 N–H and O–H groups in total. The zero-order chi connectivity index (χ0) is 16.2. The number of carbonyl (C=O) groups excluding carboxylic acids is 1. The number of hydrogen-bond acceptors (Lipinski definition) is 4. The van der Waals surface area contributed by atoms with Crippen molar-refractivity contribution in [1.82, 2.24) is 4.90 Å². The molecule has 124 valence electrons. The molecule has 1 fully saturated rings. The highest BCUT2D eigenvalue weighted by Crippen LogP contribution is 2.25. The minimum atomic E-state index is -0.436. The van der Waals surface area contributed by atoms with Crippen molar-refractivity contribution >= 4 is 17.4 Å². The van der Waals surface area contributed by atoms with E-state index >= 15 is 0 Å². The first-order chi connectivity index (χ1) is 10.3. The van der Waals surface area contributed by atoms with Crippen LogP contribution >= 0.6 is 11.3 Å². The Balaban J connectivity index is 1.79. The lowest BCUT2D eigenvalue weighted by Gasteiger charge is -2.34. The summed E-state index contributed by atoms with van der Waals surface area (Å²) in [6.07, 6.45) is 2.04. The van der Waals surface area contributed by atoms with Gasteiger partial charge in [0.2, 0.25) is 0 Å². The third kappa shape index (κ3) is 5.29. The summed E-state index contributed by atoms with van der Waals surface area (Å²) < 4.78 is 11.4. The number of nitrogens with zero attached hydrogens (tertiary/aromatic N) is 1. The molecule has 0 spiro atoms. The summed E-state index contributed by atoms with van der Waals surface area (Å²) in [5.41, 5.74) is -0.436. The second-order valence-electron chi connectivity index (χ2n) is 6.93. The van der Waals surface area contributed by atoms with E-state index in [1.54, 1.807) is 11.3 Å². The molecule has 1 amide bonds. The van der Waals surface area contributed by atoms with Crippen LogP contribution in [0.5, 0.6) is 0 Å². The second-order valence-corrected chi connectivity index (χ2v) is 7.90. The van der Waals surface area contributed by atoms with Gasteiger partial charge in [0.1, 0.15) is 5.60 Å². The van der Waals surface area contributed by atoms with Crippen LogP contribution in [0.2, 0.25) is 0 Å². The average molecular weight is 325 g/mol. The first-order valence-electron chi connectivity index (χ1n) is 7.98. The predicted molar refractivity (Wildman–Crippen MR) is 89.2 cm³/mol. The van der Waals surface area contributed by atoms with Gasteiger partial charge in [0.05, 0.1) is 12.7 Å². The van der Waals surface area contributed by atoms with E-state index < -0.39 is 5.60 Å². The van der Waals surface area contributed by atoms with Crippen molar-refractivity contribution in [3.8, 4) is 0 Å². The van der Waals surface area contributed by atoms with Crippen molar-refractivity contribution in [3.05, 3.63) is 22.4 Å². The number of piperidine rings is 1. The molecular formula is C17H27NO3S. The van der Waals surface area contributed by atoms with Gasteiger partial charge in [-0.15, -0.1) is 11.3 Å². The number of thiophene rings is 1. The third-order valence-electron chi connectivity index (χ3n) is 3.70. The van der Waals surface area contributed by atoms with Crippen molar-refractivity contribution in [2.45, 2.75) is 52.2 Å². The fourth-order valence-corrected chi connectivity index (χ4v) is 3.31. The quantitative estimate of drug-likeness (QED) is 0.819. The summed E-state index contributed by atoms with van der Waals surface area (Å²) in [4.78, 5) is 15.2. The molecule has 0 bridgehead atoms. The molecule has 0 aromatic carbocycles. The Morgan fingerprint density at radius 3 is 2.91 bits per heavy atom. The Morgan fingerprint density at radius 1 is 1.50 bits per heavy atom. The van der Waals surface area contributed by atoms with Crippen molar-refractivity contribution in [2.75, 3.05) is 19.7 Å². The maximum absolute atomic E-state index is 12.1. The van der Waals surface area contributed by atoms with Gasteiger partial charge in [-0.1, -0.05) is 6.07 Å². The van der Waals surface area contributed by atoms with Crippen LogP contribution in [0.3, 0.4) is 0 Å². The first kappa shape index (κ1) is 17.3. The molecule has 0 saturated carbocycles. The van der Waals surface area contributed by atoms with Crippen LogP contribution < -0.4 is 0 Å². The fraction of sp³-hybridized carbons (Fsp3) is 0.706. The number of carbonyl (C=O) groups is 1. The molecule has 5 heteroatoms. The molecule has 1 aromatic rings. The Morgan fingerprint density at radius 2 is 2.27 bits per heavy atom. The number of hydrogen-bond donors (Lipinski definition) is 0. The van der Waals surface area contributed by atoms with E-state index in [-0.39, 0.29) is 12.2 Å². The maximum Gasteiger partial charge on any atom is 0.410 e. The van der Waals surface area contributed by atoms with Crippen LogP contribution in [0.1, 0.15) is 51.5 Å². The molecule has 1 aliphatic heterocycles. The molecule has 2 rings (SSSR count). The van der Waals surface area contributed by atoms with E-state index in [1.165, 1.54) is 4.88 Å². The zero-order valence-electron chi connectivity index (χ0n) is 14.0. The van der Waals surface area contributed by atoms with Crippen molar-refractivity contribution in [2.24, 2.45) is 5.92 Å². The molecule has 4 nitrogen and oxygen atoms in total. The topological polar surface area (TPSA) is 38.8 Å². The van der Waals surface area contributed by atoms with Gasteiger partial charge in [0, 0.05) is 23.9 Å². The van der Waals surface area contributed by atoms with Gasteiger partial charge in [0.25, 0.3) is 0 Å². The Kier molecular flexibility index (Phi) is 5.87. The molecule has 1 aliphatic rings. The van der Waals surface area contributed by atoms with E-state index in [9.17, 15) is 4.79 Å². The Labute approximate surface area is 137 Å². The molecule has 1 saturated heterocycles. The van der Waals surface area contributed by atoms with Crippen LogP contribution in [0.25, 0.3) is 0 Å². The Bertz CT molecular complexity index is 467. The number of amides is 1. The van der Waals surface area contributed by atoms with Gasteiger partial charge in [-0.05, 0) is 52.0 Å². The molecule has 2 heterocycles. The molecule has 1 aromatic heterocycles. The van der Waals surface area contributed by atoms with Gasteiger partial charge in [-0.25, -0.2) is 4.79 Å². The molecule has 0 aliphatic carbocycles. The molecule has 22 heavy (non-hydrogen) atoms. The SMILES string of the molecule is C[C@H](OC[C@H]1CCCN(C(=O)OC(C)(C)C)C1)c1cccs1. The lowest BCUT2D eigenvalue weighted by atomic mass is 9.99. The molecule has 0 unspecified atom stereocenters. The molecular weight excluding hydrogens is 298 g/mol. The van der Waals surface area contributed by atoms with E-state index in [4.69, 9.17) is 9.47 Å². The smallest absolute Gasteiger partial charge is 0.410 e. The second kappa shape index (κ2) is 7.47. The summed E-state index contributed by atoms with van der Waals surface area (Å²) in [6.45, 7) is 9.99. The molecule has 0 radical (unpaired) electrons. The van der Waals surface area contributed by atoms with Gasteiger partial charge < -0.3 is 14.4 Å². The summed E-state index contributed by atoms with van der Waals surface area (Å²) in [7, 11) is 0. The average Bonchev–Trinajstić information content (AvgIpc) is 2.97. The van der Waals surface area contributed by atoms with E-state index in [0.29, 0.717) is 12.5 Å². The standard InChI is InChI=1S/C17H27NO3S/c1-13(15-8-6-10-22-15)20-12-14-7-5-9-18(11-14)16(19)21-17(2,3)4/h6,8,10,13-14H,5,7,9,11-12H2,1-4H3/t13-,14-/m0/s1. The minimum Gasteiger partial charge on any atom is -0.444 e. The monoisotopic (exact) mass is 325 g/mol. The highest BCUT2D eigenvalue weighted by molar-refractivity contribution is 7.10. The van der Waals surface area contributed by atoms with Crippen molar-refractivity contribution in [1.29, 1.82) is 0 Å². The number of ether oxygens (including phenoxy) is 2. The van der Waals surface area contributed by atoms with E-state index in [0.717, 1.165) is 25.9 Å². The molecule has 2 atom stereocenters. The summed E-state index contributed by atoms with van der Waals surface area (Å²) in [6, 6.07) is 4.15. The van der Waals surface area contributed by atoms with E-state index in [1.807, 2.05) is 31.7 Å². The van der Waals surface area contributed by atoms with Crippen LogP contribution in [0, 0.1) is 5.92 Å². The minimum absolute atomic E-state index is 0.122. The predicted octanol–water partition coefficient (Wildman–Crippen LogP) is 4.47. The lowest BCUT2D eigenvalue weighted by Crippen LogP contribution is -2.43. The highest BCUT2D eigenvalue weighted by Gasteiger charge is 2.28. The summed E-state index contributed by atoms with van der Waals surface area (Å²) >= 11 is 1.72. The van der Waals surface area contributed by atoms with Gasteiger partial charge in [-0.2, -0.15) is 0 Å². The third-order valence-corrected chi connectivity index (χ3v) is 4.73. The largest absolute Gasteiger partial charge is 0.444 e. The number of rotatable bonds is 4. The van der Waals surface area contributed by atoms with E-state index in [2.05, 4.69) is 18.4 Å². The normalized spacial score (nSPS) is 20.7. The first-order valence-corrected chi connectivity index (χ1v) is 8.86. The van der Waals surface area contributed by atoms with Crippen LogP contribution in [0.4, 0.5) is 4.79 Å². The summed E-state index contributed by atoms with van der Waals surface area (Å²) in [5.74, 6) is 0.392. The van der Waals surface area contributed by atoms with Crippen LogP contribution in [0.15, 0.2) is 17.5 Å². The Hall–Kier alpha value is -1.07. The lowest BCUT2D eigenvalue weighted by molar-refractivity contribution is -0.00316. The zero-order valence-corrected chi connectivity index (χ0v) is 14.8. The van der Waals surface area contributed by atoms with Crippen LogP contribution in [-0.2, 0) is 9.47 Å². The summed E-state index contributed by atoms with van der Waals surface area (Å²) in [5, 5.41) is 2.07. The fourth-order valence-electron chi connectivity index (χ4n) is 2.58. The van der Waals surface area contributed by atoms with Gasteiger partial charge in [0.15, 0.2) is 0 Å². The number of likely N-dealkylation sites (tertiary alicyclic amines) is 1. The van der Waals surface area contributed by atoms with Crippen molar-refractivity contribution < 1.29 is 14.3 Å². The van der Waals surface area contributed by atoms with Gasteiger partial charge >= 0.3 is 6.09 Å². The maximum atomic E-state index is 12.1. The van der Waals surface area contributed by atoms with Gasteiger partial charge in [-0.3, -0.25) is 0 Å². The highest BCUT2D eigenvalue weighted by atomic mass is 32.1.